The number of hydrogen-bond acceptors (Lipinski definition) is 4. The van der Waals surface area contributed by atoms with E-state index in [4.69, 9.17) is 11.6 Å². The third-order valence-electron chi connectivity index (χ3n) is 2.34. The number of sulfonamides is 1. The van der Waals surface area contributed by atoms with Crippen molar-refractivity contribution in [1.29, 1.82) is 0 Å². The lowest BCUT2D eigenvalue weighted by molar-refractivity contribution is 0.593. The van der Waals surface area contributed by atoms with Gasteiger partial charge in [0.15, 0.2) is 0 Å². The molecule has 0 N–H and O–H groups in total. The Bertz CT molecular complexity index is 646. The average Bonchev–Trinajstić information content (AvgIpc) is 2.39. The van der Waals surface area contributed by atoms with Crippen LogP contribution >= 0.6 is 11.6 Å². The Balaban J connectivity index is 2.48. The van der Waals surface area contributed by atoms with Crippen molar-refractivity contribution in [3.63, 3.8) is 0 Å². The molecular formula is C11H10ClN3O2S. The zero-order valence-electron chi connectivity index (χ0n) is 9.49. The Kier molecular flexibility index (Phi) is 3.49. The van der Waals surface area contributed by atoms with E-state index in [-0.39, 0.29) is 10.0 Å². The summed E-state index contributed by atoms with van der Waals surface area (Å²) in [6.45, 7) is 0. The van der Waals surface area contributed by atoms with E-state index in [9.17, 15) is 8.42 Å². The van der Waals surface area contributed by atoms with E-state index in [2.05, 4.69) is 9.97 Å². The van der Waals surface area contributed by atoms with Gasteiger partial charge in [-0.15, -0.1) is 0 Å². The van der Waals surface area contributed by atoms with Crippen LogP contribution < -0.4 is 4.31 Å². The van der Waals surface area contributed by atoms with Gasteiger partial charge in [-0.05, 0) is 24.3 Å². The van der Waals surface area contributed by atoms with Gasteiger partial charge in [-0.3, -0.25) is 4.31 Å². The molecule has 0 aliphatic heterocycles. The zero-order chi connectivity index (χ0) is 13.2. The highest BCUT2D eigenvalue weighted by Crippen LogP contribution is 2.24. The van der Waals surface area contributed by atoms with Gasteiger partial charge in [-0.25, -0.2) is 18.4 Å². The minimum absolute atomic E-state index is 0.0418. The predicted octanol–water partition coefficient (Wildman–Crippen LogP) is 1.96. The molecular weight excluding hydrogens is 274 g/mol. The molecule has 0 aliphatic rings. The van der Waals surface area contributed by atoms with E-state index < -0.39 is 10.0 Å². The quantitative estimate of drug-likeness (QED) is 0.808. The third kappa shape index (κ3) is 2.30. The monoisotopic (exact) mass is 283 g/mol. The van der Waals surface area contributed by atoms with Gasteiger partial charge in [0.05, 0.1) is 0 Å². The molecule has 7 heteroatoms. The molecule has 0 aliphatic carbocycles. The summed E-state index contributed by atoms with van der Waals surface area (Å²) in [7, 11) is -2.33. The summed E-state index contributed by atoms with van der Waals surface area (Å²) in [5, 5.41) is -0.0553. The first-order chi connectivity index (χ1) is 8.53. The number of anilines is 1. The molecule has 0 saturated heterocycles. The summed E-state index contributed by atoms with van der Waals surface area (Å²) in [5.74, 6) is 0.317. The summed E-state index contributed by atoms with van der Waals surface area (Å²) in [4.78, 5) is 7.70. The van der Waals surface area contributed by atoms with Crippen molar-refractivity contribution in [3.05, 3.63) is 47.9 Å². The normalized spacial score (nSPS) is 11.2. The first-order valence-corrected chi connectivity index (χ1v) is 6.86. The first-order valence-electron chi connectivity index (χ1n) is 5.04. The highest BCUT2D eigenvalue weighted by Gasteiger charge is 2.24. The Morgan fingerprint density at radius 2 is 1.83 bits per heavy atom. The van der Waals surface area contributed by atoms with Crippen molar-refractivity contribution in [2.45, 2.75) is 4.90 Å². The molecule has 0 bridgehead atoms. The van der Waals surface area contributed by atoms with E-state index in [1.807, 2.05) is 0 Å². The molecule has 18 heavy (non-hydrogen) atoms. The van der Waals surface area contributed by atoms with E-state index in [1.165, 1.54) is 31.6 Å². The SMILES string of the molecule is CN(c1ccccn1)S(=O)(=O)c1cccnc1Cl. The van der Waals surface area contributed by atoms with Crippen LogP contribution in [-0.4, -0.2) is 25.4 Å². The largest absolute Gasteiger partial charge is 0.268 e. The number of halogens is 1. The third-order valence-corrected chi connectivity index (χ3v) is 4.54. The van der Waals surface area contributed by atoms with Gasteiger partial charge in [0.25, 0.3) is 10.0 Å². The molecule has 0 radical (unpaired) electrons. The molecule has 0 aromatic carbocycles. The van der Waals surface area contributed by atoms with Crippen LogP contribution in [0.3, 0.4) is 0 Å². The molecule has 2 aromatic rings. The summed E-state index contributed by atoms with van der Waals surface area (Å²) in [6, 6.07) is 7.94. The molecule has 0 unspecified atom stereocenters. The Labute approximate surface area is 110 Å². The molecule has 0 atom stereocenters. The number of pyridine rings is 2. The maximum atomic E-state index is 12.3. The highest BCUT2D eigenvalue weighted by molar-refractivity contribution is 7.92. The molecule has 0 amide bonds. The molecule has 2 aromatic heterocycles. The fraction of sp³-hybridized carbons (Fsp3) is 0.0909. The van der Waals surface area contributed by atoms with Crippen LogP contribution in [0.15, 0.2) is 47.6 Å². The lowest BCUT2D eigenvalue weighted by Gasteiger charge is -2.18. The summed E-state index contributed by atoms with van der Waals surface area (Å²) >= 11 is 5.80. The second-order valence-electron chi connectivity index (χ2n) is 3.45. The van der Waals surface area contributed by atoms with Gasteiger partial charge in [0.2, 0.25) is 0 Å². The van der Waals surface area contributed by atoms with E-state index in [0.29, 0.717) is 5.82 Å². The standard InChI is InChI=1S/C11H10ClN3O2S/c1-15(10-6-2-3-7-13-10)18(16,17)9-5-4-8-14-11(9)12/h2-8H,1H3. The molecule has 5 nitrogen and oxygen atoms in total. The molecule has 2 heterocycles. The van der Waals surface area contributed by atoms with Gasteiger partial charge in [0, 0.05) is 19.4 Å². The van der Waals surface area contributed by atoms with Crippen LogP contribution in [0, 0.1) is 0 Å². The van der Waals surface area contributed by atoms with Gasteiger partial charge in [-0.1, -0.05) is 17.7 Å². The lowest BCUT2D eigenvalue weighted by atomic mass is 10.5. The number of nitrogens with zero attached hydrogens (tertiary/aromatic N) is 3. The van der Waals surface area contributed by atoms with Crippen LogP contribution in [-0.2, 0) is 10.0 Å². The van der Waals surface area contributed by atoms with Crippen LogP contribution in [0.5, 0.6) is 0 Å². The highest BCUT2D eigenvalue weighted by atomic mass is 35.5. The fourth-order valence-electron chi connectivity index (χ4n) is 1.37. The second kappa shape index (κ2) is 4.91. The maximum absolute atomic E-state index is 12.3. The Morgan fingerprint density at radius 1 is 1.11 bits per heavy atom. The van der Waals surface area contributed by atoms with E-state index in [0.717, 1.165) is 4.31 Å². The molecule has 0 spiro atoms. The van der Waals surface area contributed by atoms with Crippen molar-refractivity contribution in [2.75, 3.05) is 11.4 Å². The summed E-state index contributed by atoms with van der Waals surface area (Å²) in [6.07, 6.45) is 2.95. The average molecular weight is 284 g/mol. The van der Waals surface area contributed by atoms with Crippen LogP contribution in [0.4, 0.5) is 5.82 Å². The van der Waals surface area contributed by atoms with Crippen molar-refractivity contribution >= 4 is 27.4 Å². The molecule has 0 saturated carbocycles. The first kappa shape index (κ1) is 12.8. The van der Waals surface area contributed by atoms with Crippen LogP contribution in [0.25, 0.3) is 0 Å². The second-order valence-corrected chi connectivity index (χ2v) is 5.75. The lowest BCUT2D eigenvalue weighted by Crippen LogP contribution is -2.27. The van der Waals surface area contributed by atoms with Crippen LogP contribution in [0.1, 0.15) is 0 Å². The van der Waals surface area contributed by atoms with Gasteiger partial charge >= 0.3 is 0 Å². The molecule has 94 valence electrons. The maximum Gasteiger partial charge on any atom is 0.268 e. The number of aromatic nitrogens is 2. The molecule has 0 fully saturated rings. The van der Waals surface area contributed by atoms with Crippen LogP contribution in [0.2, 0.25) is 5.15 Å². The van der Waals surface area contributed by atoms with Crippen molar-refractivity contribution in [2.24, 2.45) is 0 Å². The topological polar surface area (TPSA) is 63.2 Å². The van der Waals surface area contributed by atoms with E-state index >= 15 is 0 Å². The smallest absolute Gasteiger partial charge is 0.253 e. The van der Waals surface area contributed by atoms with Crippen molar-refractivity contribution in [1.82, 2.24) is 9.97 Å². The number of rotatable bonds is 3. The van der Waals surface area contributed by atoms with Crippen molar-refractivity contribution in [3.8, 4) is 0 Å². The fourth-order valence-corrected chi connectivity index (χ4v) is 2.95. The number of hydrogen-bond donors (Lipinski definition) is 0. The Morgan fingerprint density at radius 3 is 2.44 bits per heavy atom. The van der Waals surface area contributed by atoms with Gasteiger partial charge in [-0.2, -0.15) is 0 Å². The van der Waals surface area contributed by atoms with E-state index in [1.54, 1.807) is 18.2 Å². The predicted molar refractivity (Wildman–Crippen MR) is 69.1 cm³/mol. The summed E-state index contributed by atoms with van der Waals surface area (Å²) < 4.78 is 25.7. The Hall–Kier alpha value is -1.66. The van der Waals surface area contributed by atoms with Gasteiger partial charge in [0.1, 0.15) is 15.9 Å². The minimum Gasteiger partial charge on any atom is -0.253 e. The summed E-state index contributed by atoms with van der Waals surface area (Å²) in [5.41, 5.74) is 0. The van der Waals surface area contributed by atoms with Crippen molar-refractivity contribution < 1.29 is 8.42 Å². The molecule has 2 rings (SSSR count). The zero-order valence-corrected chi connectivity index (χ0v) is 11.1. The minimum atomic E-state index is -3.75. The van der Waals surface area contributed by atoms with Gasteiger partial charge < -0.3 is 0 Å².